The predicted molar refractivity (Wildman–Crippen MR) is 154 cm³/mol. The minimum atomic E-state index is -4.40. The first-order valence-electron chi connectivity index (χ1n) is 15.4. The Morgan fingerprint density at radius 2 is 1.34 bits per heavy atom. The van der Waals surface area contributed by atoms with Gasteiger partial charge in [-0.3, -0.25) is 9.05 Å². The molecule has 1 aliphatic heterocycles. The molecule has 38 heavy (non-hydrogen) atoms. The van der Waals surface area contributed by atoms with Crippen molar-refractivity contribution in [1.82, 2.24) is 0 Å². The van der Waals surface area contributed by atoms with Gasteiger partial charge < -0.3 is 24.0 Å². The molecule has 0 saturated carbocycles. The Balaban J connectivity index is 2.03. The summed E-state index contributed by atoms with van der Waals surface area (Å²) in [5, 5.41) is 9.94. The van der Waals surface area contributed by atoms with Crippen LogP contribution >= 0.6 is 7.82 Å². The average molecular weight is 567 g/mol. The summed E-state index contributed by atoms with van der Waals surface area (Å²) in [6.07, 6.45) is 21.6. The van der Waals surface area contributed by atoms with E-state index in [4.69, 9.17) is 18.5 Å². The van der Waals surface area contributed by atoms with Gasteiger partial charge in [0.2, 0.25) is 6.29 Å². The number of hydrogen-bond acceptors (Lipinski definition) is 6. The maximum absolute atomic E-state index is 12.3. The van der Waals surface area contributed by atoms with Crippen molar-refractivity contribution in [1.29, 1.82) is 0 Å². The molecule has 0 radical (unpaired) electrons. The Morgan fingerprint density at radius 1 is 0.842 bits per heavy atom. The summed E-state index contributed by atoms with van der Waals surface area (Å²) in [6.45, 7) is 3.89. The van der Waals surface area contributed by atoms with Gasteiger partial charge in [0, 0.05) is 13.2 Å². The molecule has 9 heteroatoms. The van der Waals surface area contributed by atoms with Gasteiger partial charge in [-0.15, -0.1) is 0 Å². The molecule has 1 saturated heterocycles. The quantitative estimate of drug-likeness (QED) is 0.0505. The highest BCUT2D eigenvalue weighted by Gasteiger charge is 2.39. The fourth-order valence-corrected chi connectivity index (χ4v) is 5.75. The zero-order valence-electron chi connectivity index (χ0n) is 25.2. The topological polar surface area (TPSA) is 94.5 Å². The number of hydrogen-bond donors (Lipinski definition) is 2. The molecule has 228 valence electrons. The van der Waals surface area contributed by atoms with E-state index in [9.17, 15) is 14.6 Å². The van der Waals surface area contributed by atoms with Crippen molar-refractivity contribution in [3.8, 4) is 0 Å². The fraction of sp³-hybridized carbons (Fsp3) is 1.00. The summed E-state index contributed by atoms with van der Waals surface area (Å²) < 4.78 is 34.5. The van der Waals surface area contributed by atoms with Gasteiger partial charge in [0.05, 0.1) is 34.4 Å². The molecule has 1 fully saturated rings. The third kappa shape index (κ3) is 19.9. The molecule has 0 bridgehead atoms. The lowest BCUT2D eigenvalue weighted by atomic mass is 10.0. The smallest absolute Gasteiger partial charge is 0.378 e. The maximum Gasteiger partial charge on any atom is 0.474 e. The van der Waals surface area contributed by atoms with Gasteiger partial charge in [-0.25, -0.2) is 4.57 Å². The van der Waals surface area contributed by atoms with E-state index in [2.05, 4.69) is 6.92 Å². The van der Waals surface area contributed by atoms with E-state index in [-0.39, 0.29) is 13.2 Å². The molecule has 1 heterocycles. The first-order valence-corrected chi connectivity index (χ1v) is 16.9. The predicted octanol–water partition coefficient (Wildman–Crippen LogP) is 6.97. The number of likely N-dealkylation sites (N-methyl/N-ethyl adjacent to an activating group) is 1. The molecule has 0 amide bonds. The largest absolute Gasteiger partial charge is 0.474 e. The van der Waals surface area contributed by atoms with Gasteiger partial charge >= 0.3 is 7.82 Å². The molecule has 0 aromatic heterocycles. The zero-order chi connectivity index (χ0) is 28.2. The van der Waals surface area contributed by atoms with Crippen molar-refractivity contribution < 1.29 is 37.6 Å². The van der Waals surface area contributed by atoms with E-state index in [0.717, 1.165) is 19.3 Å². The van der Waals surface area contributed by atoms with Crippen LogP contribution in [0.1, 0.15) is 122 Å². The molecule has 0 aromatic carbocycles. The van der Waals surface area contributed by atoms with Gasteiger partial charge in [0.25, 0.3) is 0 Å². The second-order valence-electron chi connectivity index (χ2n) is 12.3. The number of aliphatic hydroxyl groups is 1. The van der Waals surface area contributed by atoms with E-state index in [1.165, 1.54) is 89.9 Å². The molecular weight excluding hydrogens is 505 g/mol. The molecule has 8 nitrogen and oxygen atoms in total. The number of ether oxygens (including phenoxy) is 2. The van der Waals surface area contributed by atoms with Crippen LogP contribution in [0.4, 0.5) is 0 Å². The highest BCUT2D eigenvalue weighted by molar-refractivity contribution is 7.47. The third-order valence-electron chi connectivity index (χ3n) is 7.14. The van der Waals surface area contributed by atoms with Crippen molar-refractivity contribution in [2.24, 2.45) is 0 Å². The molecule has 0 spiro atoms. The molecule has 2 N–H and O–H groups in total. The Bertz CT molecular complexity index is 608. The molecular formula is C29H61NO7P+. The number of nitrogens with zero attached hydrogens (tertiary/aromatic N) is 1. The van der Waals surface area contributed by atoms with E-state index in [1.807, 2.05) is 21.1 Å². The molecule has 3 atom stereocenters. The molecule has 0 aliphatic carbocycles. The maximum atomic E-state index is 12.3. The van der Waals surface area contributed by atoms with Gasteiger partial charge in [-0.05, 0) is 19.3 Å². The third-order valence-corrected chi connectivity index (χ3v) is 8.11. The van der Waals surface area contributed by atoms with E-state index in [1.54, 1.807) is 0 Å². The summed E-state index contributed by atoms with van der Waals surface area (Å²) in [5.74, 6) is 0. The normalized spacial score (nSPS) is 20.6. The van der Waals surface area contributed by atoms with Gasteiger partial charge in [0.1, 0.15) is 12.1 Å². The van der Waals surface area contributed by atoms with Crippen LogP contribution in [0.25, 0.3) is 0 Å². The number of phosphoric acid groups is 1. The van der Waals surface area contributed by atoms with E-state index in [0.29, 0.717) is 30.7 Å². The van der Waals surface area contributed by atoms with Crippen molar-refractivity contribution in [3.63, 3.8) is 0 Å². The van der Waals surface area contributed by atoms with Gasteiger partial charge in [0.15, 0.2) is 0 Å². The monoisotopic (exact) mass is 566 g/mol. The minimum absolute atomic E-state index is 0.100. The lowest BCUT2D eigenvalue weighted by Gasteiger charge is -2.30. The number of rotatable bonds is 26. The van der Waals surface area contributed by atoms with Crippen molar-refractivity contribution in [2.75, 3.05) is 54.1 Å². The van der Waals surface area contributed by atoms with Crippen molar-refractivity contribution in [2.45, 2.75) is 134 Å². The lowest BCUT2D eigenvalue weighted by Crippen LogP contribution is -2.42. The lowest BCUT2D eigenvalue weighted by molar-refractivity contribution is -0.876. The Morgan fingerprint density at radius 3 is 1.79 bits per heavy atom. The van der Waals surface area contributed by atoms with Crippen molar-refractivity contribution >= 4 is 7.82 Å². The van der Waals surface area contributed by atoms with E-state index < -0.39 is 19.7 Å². The summed E-state index contributed by atoms with van der Waals surface area (Å²) >= 11 is 0. The fourth-order valence-electron chi connectivity index (χ4n) is 4.92. The highest BCUT2D eigenvalue weighted by Crippen LogP contribution is 2.46. The van der Waals surface area contributed by atoms with Crippen LogP contribution in [0.15, 0.2) is 0 Å². The summed E-state index contributed by atoms with van der Waals surface area (Å²) in [5.41, 5.74) is -0.734. The highest BCUT2D eigenvalue weighted by atomic mass is 31.2. The zero-order valence-corrected chi connectivity index (χ0v) is 26.1. The Hall–Kier alpha value is -0.0500. The summed E-state index contributed by atoms with van der Waals surface area (Å²) in [4.78, 5) is 10.0. The van der Waals surface area contributed by atoms with Crippen LogP contribution in [0.3, 0.4) is 0 Å². The van der Waals surface area contributed by atoms with Crippen LogP contribution in [0.5, 0.6) is 0 Å². The van der Waals surface area contributed by atoms with Gasteiger partial charge in [-0.1, -0.05) is 103 Å². The van der Waals surface area contributed by atoms with Crippen LogP contribution in [-0.2, 0) is 23.1 Å². The summed E-state index contributed by atoms with van der Waals surface area (Å²) in [6, 6.07) is 0. The Kier molecular flexibility index (Phi) is 19.7. The van der Waals surface area contributed by atoms with Crippen molar-refractivity contribution in [3.05, 3.63) is 0 Å². The minimum Gasteiger partial charge on any atom is -0.378 e. The van der Waals surface area contributed by atoms with E-state index >= 15 is 0 Å². The Labute approximate surface area is 234 Å². The number of unbranched alkanes of at least 4 members (excludes halogenated alkanes) is 15. The van der Waals surface area contributed by atoms with Crippen LogP contribution in [-0.4, -0.2) is 80.5 Å². The molecule has 1 aliphatic rings. The first-order chi connectivity index (χ1) is 18.1. The number of quaternary nitrogens is 1. The van der Waals surface area contributed by atoms with Gasteiger partial charge in [-0.2, -0.15) is 0 Å². The number of phosphoric ester groups is 1. The van der Waals surface area contributed by atoms with Crippen LogP contribution < -0.4 is 0 Å². The molecule has 1 rings (SSSR count). The summed E-state index contributed by atoms with van der Waals surface area (Å²) in [7, 11) is 1.16. The standard InChI is InChI=1S/C29H60NO7P/c1-5-6-7-8-9-10-11-12-13-14-15-16-17-18-19-20-23-34-26-29(22-21-24-35-29)27-36-38(32,33)37-28(31)25-30(2,3)4/h28,31H,5-27H2,1-4H3/p+1/t28-,29?/m1/s1. The second-order valence-corrected chi connectivity index (χ2v) is 13.7. The SMILES string of the molecule is CCCCCCCCCCCCCCCCCCOCC1(COP(=O)(O)O[C@@H](O)C[N+](C)(C)C)CCCO1. The number of aliphatic hydroxyl groups excluding tert-OH is 1. The molecule has 2 unspecified atom stereocenters. The van der Waals surface area contributed by atoms with Crippen LogP contribution in [0.2, 0.25) is 0 Å². The average Bonchev–Trinajstić information content (AvgIpc) is 3.30. The first kappa shape index (κ1) is 36.0. The second kappa shape index (κ2) is 20.8. The molecule has 0 aromatic rings. The van der Waals surface area contributed by atoms with Crippen LogP contribution in [0, 0.1) is 0 Å².